The highest BCUT2D eigenvalue weighted by atomic mass is 32.1. The van der Waals surface area contributed by atoms with Crippen molar-refractivity contribution in [2.24, 2.45) is 0 Å². The minimum absolute atomic E-state index is 0.0187. The molecule has 0 aliphatic carbocycles. The minimum atomic E-state index is -3.63. The summed E-state index contributed by atoms with van der Waals surface area (Å²) in [4.78, 5) is 11.8. The van der Waals surface area contributed by atoms with Gasteiger partial charge in [0.25, 0.3) is 0 Å². The van der Waals surface area contributed by atoms with E-state index in [1.54, 1.807) is 12.1 Å². The maximum atomic E-state index is 12.9. The Morgan fingerprint density at radius 2 is 2.00 bits per heavy atom. The average Bonchev–Trinajstić information content (AvgIpc) is 2.98. The minimum Gasteiger partial charge on any atom is -0.477 e. The van der Waals surface area contributed by atoms with Crippen molar-refractivity contribution in [1.29, 1.82) is 0 Å². The Kier molecular flexibility index (Phi) is 3.17. The van der Waals surface area contributed by atoms with Crippen LogP contribution in [0.3, 0.4) is 0 Å². The van der Waals surface area contributed by atoms with Crippen molar-refractivity contribution >= 4 is 23.0 Å². The van der Waals surface area contributed by atoms with Crippen LogP contribution in [0.15, 0.2) is 30.3 Å². The van der Waals surface area contributed by atoms with Gasteiger partial charge in [-0.05, 0) is 24.3 Å². The molecule has 1 aliphatic heterocycles. The number of thiophene rings is 1. The summed E-state index contributed by atoms with van der Waals surface area (Å²) in [7, 11) is 0. The number of ether oxygens (including phenoxy) is 2. The van der Waals surface area contributed by atoms with E-state index < -0.39 is 12.3 Å². The number of hydrogen-bond acceptors (Lipinski definition) is 5. The molecule has 0 atom stereocenters. The number of fused-ring (bicyclic) bond motifs is 1. The lowest BCUT2D eigenvalue weighted by Crippen LogP contribution is -2.25. The van der Waals surface area contributed by atoms with Gasteiger partial charge >= 0.3 is 12.3 Å². The second-order valence-electron chi connectivity index (χ2n) is 4.25. The van der Waals surface area contributed by atoms with Gasteiger partial charge in [-0.2, -0.15) is 0 Å². The molecule has 0 spiro atoms. The molecule has 2 heterocycles. The van der Waals surface area contributed by atoms with Crippen LogP contribution in [0.2, 0.25) is 0 Å². The fraction of sp³-hybridized carbons (Fsp3) is 0.154. The van der Waals surface area contributed by atoms with E-state index in [0.29, 0.717) is 12.2 Å². The summed E-state index contributed by atoms with van der Waals surface area (Å²) in [5.41, 5.74) is 0.570. The number of anilines is 1. The van der Waals surface area contributed by atoms with Crippen LogP contribution in [-0.4, -0.2) is 17.4 Å². The molecule has 0 bridgehead atoms. The molecule has 0 saturated carbocycles. The van der Waals surface area contributed by atoms with E-state index in [9.17, 15) is 13.6 Å². The average molecular weight is 313 g/mol. The zero-order chi connectivity index (χ0) is 15.0. The van der Waals surface area contributed by atoms with E-state index in [1.807, 2.05) is 0 Å². The molecule has 3 rings (SSSR count). The third-order valence-corrected chi connectivity index (χ3v) is 3.81. The summed E-state index contributed by atoms with van der Waals surface area (Å²) in [6.45, 7) is 0.383. The molecule has 1 aliphatic rings. The molecular formula is C13H9F2NO4S. The molecular weight excluding hydrogens is 304 g/mol. The van der Waals surface area contributed by atoms with Crippen molar-refractivity contribution in [3.63, 3.8) is 0 Å². The highest BCUT2D eigenvalue weighted by Gasteiger charge is 2.43. The molecule has 0 radical (unpaired) electrons. The zero-order valence-corrected chi connectivity index (χ0v) is 11.2. The number of alkyl halides is 2. The van der Waals surface area contributed by atoms with E-state index in [2.05, 4.69) is 14.8 Å². The number of benzene rings is 1. The van der Waals surface area contributed by atoms with Crippen LogP contribution in [0.25, 0.3) is 0 Å². The van der Waals surface area contributed by atoms with Crippen LogP contribution in [0, 0.1) is 0 Å². The van der Waals surface area contributed by atoms with E-state index in [-0.39, 0.29) is 16.4 Å². The number of carboxylic acid groups (broad SMARTS) is 1. The summed E-state index contributed by atoms with van der Waals surface area (Å²) < 4.78 is 34.4. The second kappa shape index (κ2) is 4.88. The Bertz CT molecular complexity index is 701. The number of nitrogens with one attached hydrogen (secondary N) is 1. The van der Waals surface area contributed by atoms with Gasteiger partial charge < -0.3 is 19.9 Å². The molecule has 110 valence electrons. The number of hydrogen-bond donors (Lipinski definition) is 2. The van der Waals surface area contributed by atoms with Gasteiger partial charge in [0.05, 0.1) is 0 Å². The van der Waals surface area contributed by atoms with Gasteiger partial charge in [-0.25, -0.2) is 4.79 Å². The molecule has 21 heavy (non-hydrogen) atoms. The van der Waals surface area contributed by atoms with Crippen molar-refractivity contribution in [3.8, 4) is 11.5 Å². The zero-order valence-electron chi connectivity index (χ0n) is 10.4. The lowest BCUT2D eigenvalue weighted by Gasteiger charge is -2.05. The van der Waals surface area contributed by atoms with Gasteiger partial charge in [-0.15, -0.1) is 20.1 Å². The number of aromatic carboxylic acids is 1. The van der Waals surface area contributed by atoms with E-state index >= 15 is 0 Å². The molecule has 0 fully saturated rings. The van der Waals surface area contributed by atoms with Gasteiger partial charge in [0.1, 0.15) is 4.88 Å². The van der Waals surface area contributed by atoms with Gasteiger partial charge in [0, 0.05) is 23.2 Å². The molecule has 0 saturated heterocycles. The quantitative estimate of drug-likeness (QED) is 0.905. The Morgan fingerprint density at radius 1 is 1.24 bits per heavy atom. The van der Waals surface area contributed by atoms with Crippen molar-refractivity contribution < 1.29 is 28.2 Å². The molecule has 5 nitrogen and oxygen atoms in total. The molecule has 0 amide bonds. The van der Waals surface area contributed by atoms with Gasteiger partial charge in [0.15, 0.2) is 11.5 Å². The van der Waals surface area contributed by atoms with Crippen LogP contribution in [0.5, 0.6) is 11.5 Å². The van der Waals surface area contributed by atoms with Crippen molar-refractivity contribution in [2.75, 3.05) is 5.32 Å². The predicted molar refractivity (Wildman–Crippen MR) is 71.3 cm³/mol. The van der Waals surface area contributed by atoms with Gasteiger partial charge in [0.2, 0.25) is 0 Å². The standard InChI is InChI=1S/C13H9F2NO4S/c14-13(15)19-9-3-1-7(5-10(9)20-13)16-6-8-2-4-11(21-8)12(17)18/h1-5,16H,6H2,(H,17,18). The molecule has 2 aromatic rings. The van der Waals surface area contributed by atoms with E-state index in [0.717, 1.165) is 16.2 Å². The Labute approximate surface area is 121 Å². The van der Waals surface area contributed by atoms with Crippen LogP contribution in [0.1, 0.15) is 14.5 Å². The molecule has 0 unspecified atom stereocenters. The fourth-order valence-electron chi connectivity index (χ4n) is 1.84. The summed E-state index contributed by atoms with van der Waals surface area (Å²) in [5, 5.41) is 11.8. The first-order valence-corrected chi connectivity index (χ1v) is 6.70. The summed E-state index contributed by atoms with van der Waals surface area (Å²) >= 11 is 1.15. The van der Waals surface area contributed by atoms with Crippen LogP contribution in [-0.2, 0) is 6.54 Å². The maximum absolute atomic E-state index is 12.9. The monoisotopic (exact) mass is 313 g/mol. The first-order chi connectivity index (χ1) is 9.93. The van der Waals surface area contributed by atoms with Crippen LogP contribution >= 0.6 is 11.3 Å². The maximum Gasteiger partial charge on any atom is 0.586 e. The van der Waals surface area contributed by atoms with Gasteiger partial charge in [-0.1, -0.05) is 0 Å². The number of rotatable bonds is 4. The Morgan fingerprint density at radius 3 is 2.71 bits per heavy atom. The highest BCUT2D eigenvalue weighted by molar-refractivity contribution is 7.13. The molecule has 1 aromatic heterocycles. The second-order valence-corrected chi connectivity index (χ2v) is 5.42. The first kappa shape index (κ1) is 13.6. The first-order valence-electron chi connectivity index (χ1n) is 5.89. The molecule has 8 heteroatoms. The van der Waals surface area contributed by atoms with Crippen LogP contribution < -0.4 is 14.8 Å². The molecule has 2 N–H and O–H groups in total. The summed E-state index contributed by atoms with van der Waals surface area (Å²) in [6.07, 6.45) is -3.63. The number of carbonyl (C=O) groups is 1. The predicted octanol–water partition coefficient (Wildman–Crippen LogP) is 3.38. The summed E-state index contributed by atoms with van der Waals surface area (Å²) in [5.74, 6) is -1.03. The number of carboxylic acids is 1. The van der Waals surface area contributed by atoms with E-state index in [4.69, 9.17) is 5.11 Å². The van der Waals surface area contributed by atoms with E-state index in [1.165, 1.54) is 18.2 Å². The van der Waals surface area contributed by atoms with Gasteiger partial charge in [-0.3, -0.25) is 0 Å². The molecule has 1 aromatic carbocycles. The Balaban J connectivity index is 1.68. The van der Waals surface area contributed by atoms with Crippen molar-refractivity contribution in [2.45, 2.75) is 12.8 Å². The number of halogens is 2. The van der Waals surface area contributed by atoms with Crippen LogP contribution in [0.4, 0.5) is 14.5 Å². The lowest BCUT2D eigenvalue weighted by molar-refractivity contribution is -0.286. The third-order valence-electron chi connectivity index (χ3n) is 2.74. The topological polar surface area (TPSA) is 67.8 Å². The normalized spacial score (nSPS) is 15.0. The SMILES string of the molecule is O=C(O)c1ccc(CNc2ccc3c(c2)OC(F)(F)O3)s1. The van der Waals surface area contributed by atoms with Crippen molar-refractivity contribution in [3.05, 3.63) is 40.1 Å². The highest BCUT2D eigenvalue weighted by Crippen LogP contribution is 2.42. The third kappa shape index (κ3) is 2.89. The summed E-state index contributed by atoms with van der Waals surface area (Å²) in [6, 6.07) is 7.58. The smallest absolute Gasteiger partial charge is 0.477 e. The fourth-order valence-corrected chi connectivity index (χ4v) is 2.62. The Hall–Kier alpha value is -2.35. The lowest BCUT2D eigenvalue weighted by atomic mass is 10.2. The van der Waals surface area contributed by atoms with Crippen molar-refractivity contribution in [1.82, 2.24) is 0 Å². The largest absolute Gasteiger partial charge is 0.586 e.